The summed E-state index contributed by atoms with van der Waals surface area (Å²) in [5.74, 6) is 0.463. The van der Waals surface area contributed by atoms with Gasteiger partial charge in [0.25, 0.3) is 5.91 Å². The highest BCUT2D eigenvalue weighted by molar-refractivity contribution is 7.89. The Labute approximate surface area is 185 Å². The Morgan fingerprint density at radius 2 is 1.84 bits per heavy atom. The molecule has 1 saturated heterocycles. The van der Waals surface area contributed by atoms with Crippen molar-refractivity contribution >= 4 is 21.6 Å². The highest BCUT2D eigenvalue weighted by atomic mass is 32.2. The van der Waals surface area contributed by atoms with Gasteiger partial charge in [-0.3, -0.25) is 4.79 Å². The first-order chi connectivity index (χ1) is 14.7. The fraction of sp³-hybridized carbons (Fsp3) is 0.458. The molecule has 0 spiro atoms. The minimum absolute atomic E-state index is 0.0319. The summed E-state index contributed by atoms with van der Waals surface area (Å²) in [4.78, 5) is 13.1. The van der Waals surface area contributed by atoms with Crippen LogP contribution in [0, 0.1) is 18.8 Å². The van der Waals surface area contributed by atoms with E-state index < -0.39 is 10.0 Å². The minimum atomic E-state index is -3.79. The van der Waals surface area contributed by atoms with Crippen molar-refractivity contribution in [1.82, 2.24) is 4.31 Å². The Bertz CT molecular complexity index is 1060. The molecular weight excluding hydrogens is 412 g/mol. The lowest BCUT2D eigenvalue weighted by atomic mass is 9.94. The molecule has 0 saturated carbocycles. The molecule has 31 heavy (non-hydrogen) atoms. The molecule has 1 amide bonds. The van der Waals surface area contributed by atoms with Crippen LogP contribution in [0.15, 0.2) is 41.3 Å². The molecule has 0 bridgehead atoms. The van der Waals surface area contributed by atoms with Gasteiger partial charge in [0.1, 0.15) is 10.6 Å². The number of piperidine rings is 1. The van der Waals surface area contributed by atoms with E-state index in [4.69, 9.17) is 4.74 Å². The summed E-state index contributed by atoms with van der Waals surface area (Å²) in [7, 11) is -2.35. The van der Waals surface area contributed by atoms with Gasteiger partial charge in [-0.1, -0.05) is 39.0 Å². The van der Waals surface area contributed by atoms with Crippen LogP contribution in [-0.2, 0) is 16.4 Å². The van der Waals surface area contributed by atoms with Gasteiger partial charge in [0.15, 0.2) is 0 Å². The molecule has 1 N–H and O–H groups in total. The van der Waals surface area contributed by atoms with Gasteiger partial charge in [-0.15, -0.1) is 0 Å². The number of sulfonamides is 1. The predicted molar refractivity (Wildman–Crippen MR) is 123 cm³/mol. The number of carbonyl (C=O) groups is 1. The summed E-state index contributed by atoms with van der Waals surface area (Å²) in [6.07, 6.45) is 1.78. The SMILES string of the molecule is CCc1cccc(C)c1NC(=O)c1ccc(OC)c(S(=O)(=O)N2C[C@@H](C)C[C@H](C)C2)c1. The van der Waals surface area contributed by atoms with Crippen LogP contribution in [0.3, 0.4) is 0 Å². The minimum Gasteiger partial charge on any atom is -0.495 e. The number of nitrogens with one attached hydrogen (secondary N) is 1. The van der Waals surface area contributed by atoms with Gasteiger partial charge in [-0.05, 0) is 60.9 Å². The Hall–Kier alpha value is -2.38. The molecule has 2 atom stereocenters. The lowest BCUT2D eigenvalue weighted by molar-refractivity contribution is 0.102. The molecule has 0 radical (unpaired) electrons. The lowest BCUT2D eigenvalue weighted by Gasteiger charge is -2.34. The molecule has 2 aromatic rings. The highest BCUT2D eigenvalue weighted by Gasteiger charge is 2.34. The second kappa shape index (κ2) is 9.40. The summed E-state index contributed by atoms with van der Waals surface area (Å²) < 4.78 is 33.8. The van der Waals surface area contributed by atoms with E-state index in [2.05, 4.69) is 19.2 Å². The molecule has 7 heteroatoms. The Kier molecular flexibility index (Phi) is 7.06. The van der Waals surface area contributed by atoms with E-state index in [0.29, 0.717) is 13.1 Å². The summed E-state index contributed by atoms with van der Waals surface area (Å²) in [6, 6.07) is 10.5. The van der Waals surface area contributed by atoms with Crippen molar-refractivity contribution in [2.45, 2.75) is 45.4 Å². The van der Waals surface area contributed by atoms with Crippen molar-refractivity contribution < 1.29 is 17.9 Å². The van der Waals surface area contributed by atoms with Gasteiger partial charge in [0.2, 0.25) is 10.0 Å². The number of benzene rings is 2. The highest BCUT2D eigenvalue weighted by Crippen LogP contribution is 2.32. The van der Waals surface area contributed by atoms with Gasteiger partial charge in [0, 0.05) is 24.3 Å². The monoisotopic (exact) mass is 444 g/mol. The average Bonchev–Trinajstić information content (AvgIpc) is 2.73. The van der Waals surface area contributed by atoms with E-state index in [9.17, 15) is 13.2 Å². The van der Waals surface area contributed by atoms with Gasteiger partial charge in [-0.25, -0.2) is 8.42 Å². The maximum absolute atomic E-state index is 13.5. The topological polar surface area (TPSA) is 75.7 Å². The molecule has 1 aliphatic heterocycles. The third-order valence-corrected chi connectivity index (χ3v) is 7.71. The molecule has 3 rings (SSSR count). The summed E-state index contributed by atoms with van der Waals surface area (Å²) in [5, 5.41) is 2.97. The number of ether oxygens (including phenoxy) is 1. The zero-order chi connectivity index (χ0) is 22.8. The van der Waals surface area contributed by atoms with E-state index in [1.54, 1.807) is 12.1 Å². The fourth-order valence-electron chi connectivity index (χ4n) is 4.35. The first kappa shape index (κ1) is 23.3. The Morgan fingerprint density at radius 1 is 1.16 bits per heavy atom. The van der Waals surface area contributed by atoms with Crippen molar-refractivity contribution in [3.05, 3.63) is 53.1 Å². The number of methoxy groups -OCH3 is 1. The van der Waals surface area contributed by atoms with Crippen LogP contribution in [-0.4, -0.2) is 38.8 Å². The zero-order valence-electron chi connectivity index (χ0n) is 18.9. The van der Waals surface area contributed by atoms with Crippen LogP contribution in [0.25, 0.3) is 0 Å². The zero-order valence-corrected chi connectivity index (χ0v) is 19.8. The summed E-state index contributed by atoms with van der Waals surface area (Å²) in [6.45, 7) is 9.03. The van der Waals surface area contributed by atoms with Crippen LogP contribution in [0.2, 0.25) is 0 Å². The van der Waals surface area contributed by atoms with E-state index >= 15 is 0 Å². The quantitative estimate of drug-likeness (QED) is 0.713. The average molecular weight is 445 g/mol. The van der Waals surface area contributed by atoms with E-state index in [0.717, 1.165) is 29.7 Å². The summed E-state index contributed by atoms with van der Waals surface area (Å²) in [5.41, 5.74) is 3.05. The number of anilines is 1. The normalized spacial score (nSPS) is 19.8. The molecule has 1 heterocycles. The second-order valence-electron chi connectivity index (χ2n) is 8.55. The van der Waals surface area contributed by atoms with Crippen molar-refractivity contribution in [3.8, 4) is 5.75 Å². The molecule has 2 aromatic carbocycles. The maximum atomic E-state index is 13.5. The predicted octanol–water partition coefficient (Wildman–Crippen LogP) is 4.48. The third-order valence-electron chi connectivity index (χ3n) is 5.86. The van der Waals surface area contributed by atoms with Crippen molar-refractivity contribution in [2.75, 3.05) is 25.5 Å². The van der Waals surface area contributed by atoms with Gasteiger partial charge in [-0.2, -0.15) is 4.31 Å². The fourth-order valence-corrected chi connectivity index (χ4v) is 6.21. The van der Waals surface area contributed by atoms with Gasteiger partial charge in [0.05, 0.1) is 7.11 Å². The molecule has 0 aromatic heterocycles. The number of amides is 1. The third kappa shape index (κ3) is 4.93. The first-order valence-corrected chi connectivity index (χ1v) is 12.2. The van der Waals surface area contributed by atoms with Gasteiger partial charge < -0.3 is 10.1 Å². The number of carbonyl (C=O) groups excluding carboxylic acids is 1. The first-order valence-electron chi connectivity index (χ1n) is 10.7. The molecule has 6 nitrogen and oxygen atoms in total. The van der Waals surface area contributed by atoms with E-state index in [1.165, 1.54) is 17.5 Å². The number of nitrogens with zero attached hydrogens (tertiary/aromatic N) is 1. The number of hydrogen-bond acceptors (Lipinski definition) is 4. The molecule has 1 fully saturated rings. The Morgan fingerprint density at radius 3 is 2.45 bits per heavy atom. The van der Waals surface area contributed by atoms with E-state index in [1.807, 2.05) is 32.0 Å². The Balaban J connectivity index is 1.96. The number of aryl methyl sites for hydroxylation is 2. The smallest absolute Gasteiger partial charge is 0.255 e. The lowest BCUT2D eigenvalue weighted by Crippen LogP contribution is -2.42. The van der Waals surface area contributed by atoms with Crippen LogP contribution in [0.5, 0.6) is 5.75 Å². The standard InChI is InChI=1S/C24H32N2O4S/c1-6-19-9-7-8-18(4)23(19)25-24(27)20-10-11-21(30-5)22(13-20)31(28,29)26-14-16(2)12-17(3)15-26/h7-11,13,16-17H,6,12,14-15H2,1-5H3,(H,25,27)/t16-,17-/m0/s1. The number of hydrogen-bond donors (Lipinski definition) is 1. The molecular formula is C24H32N2O4S. The number of para-hydroxylation sites is 1. The molecule has 1 aliphatic rings. The van der Waals surface area contributed by atoms with Crippen LogP contribution >= 0.6 is 0 Å². The van der Waals surface area contributed by atoms with Crippen LogP contribution in [0.1, 0.15) is 48.7 Å². The number of rotatable bonds is 6. The molecule has 0 unspecified atom stereocenters. The molecule has 168 valence electrons. The van der Waals surface area contributed by atoms with E-state index in [-0.39, 0.29) is 34.0 Å². The van der Waals surface area contributed by atoms with Crippen LogP contribution < -0.4 is 10.1 Å². The van der Waals surface area contributed by atoms with Crippen LogP contribution in [0.4, 0.5) is 5.69 Å². The maximum Gasteiger partial charge on any atom is 0.255 e. The molecule has 0 aliphatic carbocycles. The largest absolute Gasteiger partial charge is 0.495 e. The van der Waals surface area contributed by atoms with Crippen molar-refractivity contribution in [3.63, 3.8) is 0 Å². The summed E-state index contributed by atoms with van der Waals surface area (Å²) >= 11 is 0. The second-order valence-corrected chi connectivity index (χ2v) is 10.5. The van der Waals surface area contributed by atoms with Crippen molar-refractivity contribution in [2.24, 2.45) is 11.8 Å². The van der Waals surface area contributed by atoms with Gasteiger partial charge >= 0.3 is 0 Å². The van der Waals surface area contributed by atoms with Crippen molar-refractivity contribution in [1.29, 1.82) is 0 Å².